The van der Waals surface area contributed by atoms with Gasteiger partial charge in [-0.15, -0.1) is 0 Å². The maximum Gasteiger partial charge on any atom is 0.264 e. The molecular formula is C16H24N6O2. The second-order valence-electron chi connectivity index (χ2n) is 6.37. The van der Waals surface area contributed by atoms with E-state index in [-0.39, 0.29) is 24.1 Å². The van der Waals surface area contributed by atoms with Gasteiger partial charge >= 0.3 is 0 Å². The first-order chi connectivity index (χ1) is 11.6. The number of rotatable bonds is 5. The third-order valence-corrected chi connectivity index (χ3v) is 4.52. The summed E-state index contributed by atoms with van der Waals surface area (Å²) in [7, 11) is 1.73. The minimum Gasteiger partial charge on any atom is -0.352 e. The zero-order chi connectivity index (χ0) is 17.1. The molecule has 1 amide bonds. The summed E-state index contributed by atoms with van der Waals surface area (Å²) in [6, 6.07) is 0.191. The quantitative estimate of drug-likeness (QED) is 0.841. The molecule has 1 aliphatic heterocycles. The van der Waals surface area contributed by atoms with Crippen molar-refractivity contribution in [2.45, 2.75) is 38.8 Å². The predicted octanol–water partition coefficient (Wildman–Crippen LogP) is 0.121. The predicted molar refractivity (Wildman–Crippen MR) is 90.7 cm³/mol. The molecule has 3 rings (SSSR count). The highest BCUT2D eigenvalue weighted by atomic mass is 16.2. The largest absolute Gasteiger partial charge is 0.352 e. The van der Waals surface area contributed by atoms with E-state index < -0.39 is 0 Å². The molecule has 1 saturated heterocycles. The number of nitrogens with one attached hydrogen (secondary N) is 1. The van der Waals surface area contributed by atoms with Crippen molar-refractivity contribution in [1.29, 1.82) is 0 Å². The fourth-order valence-electron chi connectivity index (χ4n) is 3.22. The lowest BCUT2D eigenvalue weighted by Crippen LogP contribution is -2.46. The van der Waals surface area contributed by atoms with Crippen LogP contribution < -0.4 is 10.9 Å². The summed E-state index contributed by atoms with van der Waals surface area (Å²) in [4.78, 5) is 31.2. The van der Waals surface area contributed by atoms with Gasteiger partial charge in [0.25, 0.3) is 5.56 Å². The second kappa shape index (κ2) is 7.12. The van der Waals surface area contributed by atoms with Gasteiger partial charge in [0.1, 0.15) is 18.3 Å². The van der Waals surface area contributed by atoms with Crippen molar-refractivity contribution in [3.05, 3.63) is 22.9 Å². The van der Waals surface area contributed by atoms with Crippen molar-refractivity contribution in [1.82, 2.24) is 29.5 Å². The first-order valence-corrected chi connectivity index (χ1v) is 8.47. The molecule has 0 aromatic carbocycles. The molecule has 8 nitrogen and oxygen atoms in total. The number of piperidine rings is 1. The van der Waals surface area contributed by atoms with Crippen molar-refractivity contribution in [3.8, 4) is 0 Å². The van der Waals surface area contributed by atoms with E-state index in [1.165, 1.54) is 17.1 Å². The van der Waals surface area contributed by atoms with E-state index in [2.05, 4.69) is 27.2 Å². The summed E-state index contributed by atoms with van der Waals surface area (Å²) in [5.74, 6) is -0.143. The van der Waals surface area contributed by atoms with E-state index in [0.29, 0.717) is 11.0 Å². The van der Waals surface area contributed by atoms with Gasteiger partial charge < -0.3 is 10.2 Å². The molecule has 0 saturated carbocycles. The van der Waals surface area contributed by atoms with Gasteiger partial charge in [-0.3, -0.25) is 18.8 Å². The minimum atomic E-state index is -0.235. The Bertz CT molecular complexity index is 772. The van der Waals surface area contributed by atoms with E-state index in [4.69, 9.17) is 0 Å². The summed E-state index contributed by atoms with van der Waals surface area (Å²) in [5.41, 5.74) is 0.293. The number of hydrogen-bond donors (Lipinski definition) is 1. The number of carbonyl (C=O) groups is 1. The number of nitrogens with zero attached hydrogens (tertiary/aromatic N) is 5. The Labute approximate surface area is 140 Å². The number of hydrogen-bond acceptors (Lipinski definition) is 5. The molecule has 3 heterocycles. The number of fused-ring (bicyclic) bond motifs is 1. The Balaban J connectivity index is 1.60. The summed E-state index contributed by atoms with van der Waals surface area (Å²) < 4.78 is 2.89. The van der Waals surface area contributed by atoms with Crippen LogP contribution in [0.3, 0.4) is 0 Å². The number of amides is 1. The third-order valence-electron chi connectivity index (χ3n) is 4.52. The summed E-state index contributed by atoms with van der Waals surface area (Å²) >= 11 is 0. The number of carbonyl (C=O) groups excluding carboxylic acids is 1. The molecule has 0 radical (unpaired) electrons. The molecular weight excluding hydrogens is 308 g/mol. The van der Waals surface area contributed by atoms with Gasteiger partial charge in [0.05, 0.1) is 6.20 Å². The van der Waals surface area contributed by atoms with Crippen LogP contribution in [0, 0.1) is 0 Å². The molecule has 2 aromatic rings. The van der Waals surface area contributed by atoms with Gasteiger partial charge in [0, 0.05) is 26.2 Å². The van der Waals surface area contributed by atoms with Crippen LogP contribution in [0.15, 0.2) is 17.3 Å². The molecule has 1 fully saturated rings. The van der Waals surface area contributed by atoms with Crippen molar-refractivity contribution in [2.24, 2.45) is 7.05 Å². The summed E-state index contributed by atoms with van der Waals surface area (Å²) in [6.45, 7) is 5.32. The Morgan fingerprint density at radius 3 is 2.83 bits per heavy atom. The summed E-state index contributed by atoms with van der Waals surface area (Å²) in [6.07, 6.45) is 5.98. The SMILES string of the molecule is CCCN1CCC(NC(=O)Cn2cnc3c(cnn3C)c2=O)CC1. The Morgan fingerprint density at radius 1 is 1.38 bits per heavy atom. The molecule has 0 spiro atoms. The molecule has 0 bridgehead atoms. The van der Waals surface area contributed by atoms with E-state index >= 15 is 0 Å². The molecule has 130 valence electrons. The highest BCUT2D eigenvalue weighted by molar-refractivity contribution is 5.77. The summed E-state index contributed by atoms with van der Waals surface area (Å²) in [5, 5.41) is 7.50. The van der Waals surface area contributed by atoms with Gasteiger partial charge in [0.2, 0.25) is 5.91 Å². The van der Waals surface area contributed by atoms with E-state index in [1.807, 2.05) is 0 Å². The van der Waals surface area contributed by atoms with Gasteiger partial charge in [-0.05, 0) is 25.8 Å². The average molecular weight is 332 g/mol. The van der Waals surface area contributed by atoms with Crippen LogP contribution in [0.5, 0.6) is 0 Å². The van der Waals surface area contributed by atoms with Gasteiger partial charge in [0.15, 0.2) is 5.65 Å². The Hall–Kier alpha value is -2.22. The van der Waals surface area contributed by atoms with Crippen molar-refractivity contribution >= 4 is 16.9 Å². The lowest BCUT2D eigenvalue weighted by atomic mass is 10.0. The molecule has 0 atom stereocenters. The first kappa shape index (κ1) is 16.6. The van der Waals surface area contributed by atoms with E-state index in [9.17, 15) is 9.59 Å². The number of aromatic nitrogens is 4. The highest BCUT2D eigenvalue weighted by Gasteiger charge is 2.20. The van der Waals surface area contributed by atoms with Gasteiger partial charge in [-0.2, -0.15) is 5.10 Å². The molecule has 0 unspecified atom stereocenters. The topological polar surface area (TPSA) is 85.1 Å². The lowest BCUT2D eigenvalue weighted by Gasteiger charge is -2.32. The van der Waals surface area contributed by atoms with Crippen LogP contribution in [0.25, 0.3) is 11.0 Å². The number of likely N-dealkylation sites (tertiary alicyclic amines) is 1. The molecule has 1 N–H and O–H groups in total. The van der Waals surface area contributed by atoms with Crippen LogP contribution in [0.2, 0.25) is 0 Å². The van der Waals surface area contributed by atoms with Crippen LogP contribution in [0.1, 0.15) is 26.2 Å². The lowest BCUT2D eigenvalue weighted by molar-refractivity contribution is -0.122. The molecule has 2 aromatic heterocycles. The zero-order valence-corrected chi connectivity index (χ0v) is 14.2. The monoisotopic (exact) mass is 332 g/mol. The fraction of sp³-hybridized carbons (Fsp3) is 0.625. The Kier molecular flexibility index (Phi) is 4.94. The zero-order valence-electron chi connectivity index (χ0n) is 14.2. The minimum absolute atomic E-state index is 0.00809. The smallest absolute Gasteiger partial charge is 0.264 e. The van der Waals surface area contributed by atoms with Crippen LogP contribution in [-0.2, 0) is 18.4 Å². The Morgan fingerprint density at radius 2 is 2.12 bits per heavy atom. The van der Waals surface area contributed by atoms with Gasteiger partial charge in [-0.1, -0.05) is 6.92 Å². The van der Waals surface area contributed by atoms with Crippen LogP contribution >= 0.6 is 0 Å². The van der Waals surface area contributed by atoms with Crippen molar-refractivity contribution in [2.75, 3.05) is 19.6 Å². The highest BCUT2D eigenvalue weighted by Crippen LogP contribution is 2.10. The number of aryl methyl sites for hydroxylation is 1. The first-order valence-electron chi connectivity index (χ1n) is 8.47. The molecule has 8 heteroatoms. The molecule has 0 aliphatic carbocycles. The van der Waals surface area contributed by atoms with Gasteiger partial charge in [-0.25, -0.2) is 4.98 Å². The van der Waals surface area contributed by atoms with Crippen LogP contribution in [0.4, 0.5) is 0 Å². The van der Waals surface area contributed by atoms with E-state index in [0.717, 1.165) is 38.9 Å². The van der Waals surface area contributed by atoms with Crippen molar-refractivity contribution in [3.63, 3.8) is 0 Å². The second-order valence-corrected chi connectivity index (χ2v) is 6.37. The average Bonchev–Trinajstić information content (AvgIpc) is 2.94. The normalized spacial score (nSPS) is 16.6. The fourth-order valence-corrected chi connectivity index (χ4v) is 3.22. The standard InChI is InChI=1S/C16H24N6O2/c1-3-6-21-7-4-12(5-8-21)19-14(23)10-22-11-17-15-13(16(22)24)9-18-20(15)2/h9,11-12H,3-8,10H2,1-2H3,(H,19,23). The van der Waals surface area contributed by atoms with Crippen LogP contribution in [-0.4, -0.2) is 55.8 Å². The maximum absolute atomic E-state index is 12.4. The maximum atomic E-state index is 12.4. The van der Waals surface area contributed by atoms with Crippen molar-refractivity contribution < 1.29 is 4.79 Å². The molecule has 1 aliphatic rings. The van der Waals surface area contributed by atoms with E-state index in [1.54, 1.807) is 11.7 Å². The molecule has 24 heavy (non-hydrogen) atoms. The third kappa shape index (κ3) is 3.48.